The van der Waals surface area contributed by atoms with E-state index in [1.54, 1.807) is 0 Å². The van der Waals surface area contributed by atoms with E-state index in [9.17, 15) is 24.3 Å². The smallest absolute Gasteiger partial charge is 0.326 e. The van der Waals surface area contributed by atoms with Gasteiger partial charge in [-0.05, 0) is 31.6 Å². The number of aliphatic carboxylic acids is 1. The summed E-state index contributed by atoms with van der Waals surface area (Å²) in [4.78, 5) is 48.4. The number of likely N-dealkylation sites (tertiary alicyclic amines) is 1. The Morgan fingerprint density at radius 2 is 1.92 bits per heavy atom. The zero-order valence-electron chi connectivity index (χ0n) is 14.7. The standard InChI is InChI=1S/C16H28N4O5/c1-9(2)8-10(17)15(23)20-7-3-4-12(20)14(22)19-11(16(24)25)5-6-13(18)21/h9-12H,3-8,17H2,1-2H3,(H2,18,21)(H,19,22)(H,24,25)/t10-,11-,12-/m0/s1. The first-order valence-corrected chi connectivity index (χ1v) is 8.51. The van der Waals surface area contributed by atoms with Crippen molar-refractivity contribution in [2.24, 2.45) is 17.4 Å². The third-order valence-corrected chi connectivity index (χ3v) is 4.18. The molecule has 6 N–H and O–H groups in total. The van der Waals surface area contributed by atoms with Crippen LogP contribution in [0.2, 0.25) is 0 Å². The lowest BCUT2D eigenvalue weighted by molar-refractivity contribution is -0.144. The minimum absolute atomic E-state index is 0.0933. The topological polar surface area (TPSA) is 156 Å². The van der Waals surface area contributed by atoms with Crippen molar-refractivity contribution in [1.29, 1.82) is 0 Å². The van der Waals surface area contributed by atoms with Gasteiger partial charge in [0.25, 0.3) is 0 Å². The minimum atomic E-state index is -1.25. The number of carboxylic acid groups (broad SMARTS) is 1. The zero-order chi connectivity index (χ0) is 19.1. The molecular formula is C16H28N4O5. The van der Waals surface area contributed by atoms with Crippen LogP contribution in [0.3, 0.4) is 0 Å². The van der Waals surface area contributed by atoms with Gasteiger partial charge >= 0.3 is 5.97 Å². The van der Waals surface area contributed by atoms with E-state index in [0.717, 1.165) is 0 Å². The summed E-state index contributed by atoms with van der Waals surface area (Å²) in [7, 11) is 0. The van der Waals surface area contributed by atoms with Gasteiger partial charge in [0.05, 0.1) is 6.04 Å². The molecule has 0 unspecified atom stereocenters. The molecule has 1 aliphatic rings. The summed E-state index contributed by atoms with van der Waals surface area (Å²) in [6, 6.07) is -2.64. The van der Waals surface area contributed by atoms with Crippen LogP contribution in [0.5, 0.6) is 0 Å². The molecule has 142 valence electrons. The number of rotatable bonds is 9. The molecular weight excluding hydrogens is 328 g/mol. The van der Waals surface area contributed by atoms with Crippen LogP contribution >= 0.6 is 0 Å². The molecule has 1 rings (SSSR count). The molecule has 1 aliphatic heterocycles. The first-order valence-electron chi connectivity index (χ1n) is 8.51. The number of hydrogen-bond acceptors (Lipinski definition) is 5. The van der Waals surface area contributed by atoms with Gasteiger partial charge in [-0.25, -0.2) is 4.79 Å². The molecule has 0 saturated carbocycles. The molecule has 9 nitrogen and oxygen atoms in total. The third-order valence-electron chi connectivity index (χ3n) is 4.18. The van der Waals surface area contributed by atoms with E-state index in [2.05, 4.69) is 5.32 Å². The van der Waals surface area contributed by atoms with Crippen molar-refractivity contribution in [3.05, 3.63) is 0 Å². The highest BCUT2D eigenvalue weighted by Gasteiger charge is 2.37. The fourth-order valence-electron chi connectivity index (χ4n) is 2.94. The second kappa shape index (κ2) is 9.36. The summed E-state index contributed by atoms with van der Waals surface area (Å²) >= 11 is 0. The van der Waals surface area contributed by atoms with Crippen molar-refractivity contribution in [2.75, 3.05) is 6.54 Å². The van der Waals surface area contributed by atoms with Crippen molar-refractivity contribution in [3.8, 4) is 0 Å². The summed E-state index contributed by atoms with van der Waals surface area (Å²) in [5, 5.41) is 11.6. The Morgan fingerprint density at radius 1 is 1.28 bits per heavy atom. The van der Waals surface area contributed by atoms with Crippen LogP contribution in [0.25, 0.3) is 0 Å². The highest BCUT2D eigenvalue weighted by molar-refractivity contribution is 5.92. The number of carbonyl (C=O) groups excluding carboxylic acids is 3. The van der Waals surface area contributed by atoms with E-state index < -0.39 is 35.9 Å². The van der Waals surface area contributed by atoms with Crippen LogP contribution in [0.15, 0.2) is 0 Å². The SMILES string of the molecule is CC(C)C[C@H](N)C(=O)N1CCC[C@H]1C(=O)N[C@@H](CCC(N)=O)C(=O)O. The lowest BCUT2D eigenvalue weighted by atomic mass is 10.0. The Balaban J connectivity index is 2.72. The average molecular weight is 356 g/mol. The minimum Gasteiger partial charge on any atom is -0.480 e. The number of nitrogens with one attached hydrogen (secondary N) is 1. The number of hydrogen-bond donors (Lipinski definition) is 4. The monoisotopic (exact) mass is 356 g/mol. The molecule has 0 aromatic rings. The Kier molecular flexibility index (Phi) is 7.82. The van der Waals surface area contributed by atoms with Crippen molar-refractivity contribution in [1.82, 2.24) is 10.2 Å². The summed E-state index contributed by atoms with van der Waals surface area (Å²) in [6.45, 7) is 4.33. The lowest BCUT2D eigenvalue weighted by Crippen LogP contribution is -2.54. The van der Waals surface area contributed by atoms with E-state index in [0.29, 0.717) is 25.8 Å². The summed E-state index contributed by atoms with van der Waals surface area (Å²) < 4.78 is 0. The Bertz CT molecular complexity index is 523. The molecule has 0 bridgehead atoms. The van der Waals surface area contributed by atoms with Crippen LogP contribution in [0, 0.1) is 5.92 Å². The van der Waals surface area contributed by atoms with E-state index >= 15 is 0 Å². The van der Waals surface area contributed by atoms with Gasteiger partial charge in [-0.15, -0.1) is 0 Å². The Hall–Kier alpha value is -2.16. The number of primary amides is 1. The molecule has 25 heavy (non-hydrogen) atoms. The van der Waals surface area contributed by atoms with Crippen LogP contribution in [-0.4, -0.2) is 58.4 Å². The molecule has 3 atom stereocenters. The number of nitrogens with two attached hydrogens (primary N) is 2. The largest absolute Gasteiger partial charge is 0.480 e. The van der Waals surface area contributed by atoms with Crippen LogP contribution in [0.1, 0.15) is 46.0 Å². The van der Waals surface area contributed by atoms with Gasteiger partial charge in [-0.1, -0.05) is 13.8 Å². The molecule has 3 amide bonds. The molecule has 0 aromatic carbocycles. The highest BCUT2D eigenvalue weighted by atomic mass is 16.4. The second-order valence-corrected chi connectivity index (χ2v) is 6.83. The Morgan fingerprint density at radius 3 is 2.44 bits per heavy atom. The number of carbonyl (C=O) groups is 4. The fraction of sp³-hybridized carbons (Fsp3) is 0.750. The first kappa shape index (κ1) is 20.9. The molecule has 0 radical (unpaired) electrons. The van der Waals surface area contributed by atoms with Crippen molar-refractivity contribution in [3.63, 3.8) is 0 Å². The van der Waals surface area contributed by atoms with Crippen molar-refractivity contribution >= 4 is 23.7 Å². The van der Waals surface area contributed by atoms with Gasteiger partial charge in [0.15, 0.2) is 0 Å². The van der Waals surface area contributed by atoms with E-state index in [-0.39, 0.29) is 24.7 Å². The fourth-order valence-corrected chi connectivity index (χ4v) is 2.94. The van der Waals surface area contributed by atoms with E-state index in [1.165, 1.54) is 4.90 Å². The zero-order valence-corrected chi connectivity index (χ0v) is 14.7. The second-order valence-electron chi connectivity index (χ2n) is 6.83. The number of carboxylic acids is 1. The van der Waals surface area contributed by atoms with Gasteiger partial charge in [0, 0.05) is 13.0 Å². The Labute approximate surface area is 147 Å². The maximum Gasteiger partial charge on any atom is 0.326 e. The van der Waals surface area contributed by atoms with Gasteiger partial charge in [0.2, 0.25) is 17.7 Å². The van der Waals surface area contributed by atoms with Gasteiger partial charge in [-0.3, -0.25) is 14.4 Å². The predicted octanol–water partition coefficient (Wildman–Crippen LogP) is -0.814. The summed E-state index contributed by atoms with van der Waals surface area (Å²) in [5.41, 5.74) is 10.9. The number of nitrogens with zero attached hydrogens (tertiary/aromatic N) is 1. The van der Waals surface area contributed by atoms with Crippen LogP contribution < -0.4 is 16.8 Å². The molecule has 9 heteroatoms. The number of amides is 3. The quantitative estimate of drug-likeness (QED) is 0.423. The van der Waals surface area contributed by atoms with Crippen LogP contribution in [0.4, 0.5) is 0 Å². The van der Waals surface area contributed by atoms with E-state index in [1.807, 2.05) is 13.8 Å². The van der Waals surface area contributed by atoms with Gasteiger partial charge < -0.3 is 26.8 Å². The molecule has 1 fully saturated rings. The molecule has 1 heterocycles. The molecule has 1 saturated heterocycles. The highest BCUT2D eigenvalue weighted by Crippen LogP contribution is 2.20. The van der Waals surface area contributed by atoms with Crippen LogP contribution in [-0.2, 0) is 19.2 Å². The maximum atomic E-state index is 12.5. The average Bonchev–Trinajstić information content (AvgIpc) is 2.98. The molecule has 0 spiro atoms. The predicted molar refractivity (Wildman–Crippen MR) is 90.2 cm³/mol. The first-order chi connectivity index (χ1) is 11.6. The molecule has 0 aliphatic carbocycles. The van der Waals surface area contributed by atoms with Gasteiger partial charge in [0.1, 0.15) is 12.1 Å². The lowest BCUT2D eigenvalue weighted by Gasteiger charge is -2.28. The summed E-state index contributed by atoms with van der Waals surface area (Å²) in [6.07, 6.45) is 1.37. The normalized spacial score (nSPS) is 19.5. The third kappa shape index (κ3) is 6.33. The van der Waals surface area contributed by atoms with Gasteiger partial charge in [-0.2, -0.15) is 0 Å². The van der Waals surface area contributed by atoms with Crippen molar-refractivity contribution in [2.45, 2.75) is 64.1 Å². The maximum absolute atomic E-state index is 12.5. The summed E-state index contributed by atoms with van der Waals surface area (Å²) in [5.74, 6) is -2.48. The van der Waals surface area contributed by atoms with E-state index in [4.69, 9.17) is 11.5 Å². The molecule has 0 aromatic heterocycles. The van der Waals surface area contributed by atoms with Crippen molar-refractivity contribution < 1.29 is 24.3 Å².